The molecule has 0 aliphatic rings. The molecule has 0 radical (unpaired) electrons. The van der Waals surface area contributed by atoms with Crippen LogP contribution in [0.2, 0.25) is 5.02 Å². The van der Waals surface area contributed by atoms with E-state index >= 15 is 0 Å². The Kier molecular flexibility index (Phi) is 5.16. The van der Waals surface area contributed by atoms with Gasteiger partial charge in [-0.05, 0) is 42.8 Å². The molecule has 1 aromatic heterocycles. The van der Waals surface area contributed by atoms with Gasteiger partial charge in [0.25, 0.3) is 5.91 Å². The molecule has 1 amide bonds. The molecule has 6 heteroatoms. The smallest absolute Gasteiger partial charge is 0.266 e. The topological polar surface area (TPSA) is 70.7 Å². The van der Waals surface area contributed by atoms with E-state index in [1.807, 2.05) is 43.3 Å². The SMILES string of the molecule is Cc1ccc(Cl)cc1NC(=O)/C(C#N)=C/c1cnn(-c2ccccc2)c1. The fourth-order valence-corrected chi connectivity index (χ4v) is 2.54. The zero-order chi connectivity index (χ0) is 18.5. The Morgan fingerprint density at radius 2 is 2.04 bits per heavy atom. The van der Waals surface area contributed by atoms with Crippen molar-refractivity contribution in [1.82, 2.24) is 9.78 Å². The predicted molar refractivity (Wildman–Crippen MR) is 102 cm³/mol. The van der Waals surface area contributed by atoms with Crippen LogP contribution in [0.1, 0.15) is 11.1 Å². The highest BCUT2D eigenvalue weighted by Gasteiger charge is 2.12. The van der Waals surface area contributed by atoms with E-state index in [-0.39, 0.29) is 5.57 Å². The van der Waals surface area contributed by atoms with Crippen LogP contribution in [0.5, 0.6) is 0 Å². The summed E-state index contributed by atoms with van der Waals surface area (Å²) in [5.41, 5.74) is 2.96. The van der Waals surface area contributed by atoms with Gasteiger partial charge in [-0.3, -0.25) is 4.79 Å². The van der Waals surface area contributed by atoms with Crippen LogP contribution in [0.15, 0.2) is 66.5 Å². The van der Waals surface area contributed by atoms with Crippen LogP contribution < -0.4 is 5.32 Å². The van der Waals surface area contributed by atoms with Gasteiger partial charge in [-0.15, -0.1) is 0 Å². The number of para-hydroxylation sites is 1. The van der Waals surface area contributed by atoms with Crippen LogP contribution in [0, 0.1) is 18.3 Å². The number of rotatable bonds is 4. The molecule has 2 aromatic carbocycles. The van der Waals surface area contributed by atoms with Crippen molar-refractivity contribution in [2.24, 2.45) is 0 Å². The first kappa shape index (κ1) is 17.5. The fraction of sp³-hybridized carbons (Fsp3) is 0.0500. The Bertz CT molecular complexity index is 1020. The summed E-state index contributed by atoms with van der Waals surface area (Å²) in [5, 5.41) is 16.8. The van der Waals surface area contributed by atoms with E-state index in [1.54, 1.807) is 35.3 Å². The largest absolute Gasteiger partial charge is 0.321 e. The standard InChI is InChI=1S/C20H15ClN4O/c1-14-7-8-17(21)10-19(14)24-20(26)16(11-22)9-15-12-23-25(13-15)18-5-3-2-4-6-18/h2-10,12-13H,1H3,(H,24,26)/b16-9+. The lowest BCUT2D eigenvalue weighted by atomic mass is 10.1. The second kappa shape index (κ2) is 7.68. The number of nitrogens with one attached hydrogen (secondary N) is 1. The lowest BCUT2D eigenvalue weighted by Gasteiger charge is -2.08. The van der Waals surface area contributed by atoms with Gasteiger partial charge in [-0.25, -0.2) is 4.68 Å². The first-order chi connectivity index (χ1) is 12.6. The summed E-state index contributed by atoms with van der Waals surface area (Å²) in [6.45, 7) is 1.85. The van der Waals surface area contributed by atoms with Crippen LogP contribution >= 0.6 is 11.6 Å². The minimum absolute atomic E-state index is 0.0167. The molecule has 0 fully saturated rings. The number of halogens is 1. The van der Waals surface area contributed by atoms with Crippen molar-refractivity contribution in [2.75, 3.05) is 5.32 Å². The Hall–Kier alpha value is -3.36. The number of amides is 1. The molecule has 3 aromatic rings. The highest BCUT2D eigenvalue weighted by atomic mass is 35.5. The van der Waals surface area contributed by atoms with Crippen molar-refractivity contribution in [2.45, 2.75) is 6.92 Å². The zero-order valence-electron chi connectivity index (χ0n) is 14.0. The molecule has 0 spiro atoms. The molecule has 26 heavy (non-hydrogen) atoms. The van der Waals surface area contributed by atoms with Crippen LogP contribution in [-0.2, 0) is 4.79 Å². The fourth-order valence-electron chi connectivity index (χ4n) is 2.37. The van der Waals surface area contributed by atoms with Gasteiger partial charge in [0.2, 0.25) is 0 Å². The molecule has 128 valence electrons. The molecule has 0 saturated carbocycles. The van der Waals surface area contributed by atoms with Gasteiger partial charge in [-0.2, -0.15) is 10.4 Å². The molecule has 0 bridgehead atoms. The van der Waals surface area contributed by atoms with E-state index in [2.05, 4.69) is 10.4 Å². The van der Waals surface area contributed by atoms with E-state index in [0.29, 0.717) is 16.3 Å². The van der Waals surface area contributed by atoms with Crippen molar-refractivity contribution < 1.29 is 4.79 Å². The van der Waals surface area contributed by atoms with Gasteiger partial charge in [0, 0.05) is 22.5 Å². The maximum absolute atomic E-state index is 12.4. The number of nitriles is 1. The average Bonchev–Trinajstić information content (AvgIpc) is 3.12. The highest BCUT2D eigenvalue weighted by molar-refractivity contribution is 6.31. The normalized spacial score (nSPS) is 11.0. The highest BCUT2D eigenvalue weighted by Crippen LogP contribution is 2.21. The molecule has 5 nitrogen and oxygen atoms in total. The van der Waals surface area contributed by atoms with Crippen molar-refractivity contribution in [3.05, 3.63) is 82.6 Å². The molecular formula is C20H15ClN4O. The van der Waals surface area contributed by atoms with Gasteiger partial charge in [0.1, 0.15) is 11.6 Å². The molecule has 1 heterocycles. The van der Waals surface area contributed by atoms with Crippen LogP contribution in [0.25, 0.3) is 11.8 Å². The van der Waals surface area contributed by atoms with Gasteiger partial charge in [0.05, 0.1) is 11.9 Å². The van der Waals surface area contributed by atoms with E-state index in [9.17, 15) is 10.1 Å². The third-order valence-electron chi connectivity index (χ3n) is 3.75. The minimum Gasteiger partial charge on any atom is -0.321 e. The lowest BCUT2D eigenvalue weighted by Crippen LogP contribution is -2.14. The van der Waals surface area contributed by atoms with E-state index in [0.717, 1.165) is 11.3 Å². The molecule has 1 N–H and O–H groups in total. The molecule has 3 rings (SSSR count). The predicted octanol–water partition coefficient (Wildman–Crippen LogP) is 4.38. The van der Waals surface area contributed by atoms with Crippen molar-refractivity contribution >= 4 is 29.3 Å². The van der Waals surface area contributed by atoms with E-state index < -0.39 is 5.91 Å². The zero-order valence-corrected chi connectivity index (χ0v) is 14.7. The molecular weight excluding hydrogens is 348 g/mol. The van der Waals surface area contributed by atoms with Gasteiger partial charge < -0.3 is 5.32 Å². The number of aromatic nitrogens is 2. The number of nitrogens with zero attached hydrogens (tertiary/aromatic N) is 3. The third kappa shape index (κ3) is 4.00. The number of carbonyl (C=O) groups excluding carboxylic acids is 1. The molecule has 0 unspecified atom stereocenters. The van der Waals surface area contributed by atoms with Gasteiger partial charge in [0.15, 0.2) is 0 Å². The number of hydrogen-bond acceptors (Lipinski definition) is 3. The summed E-state index contributed by atoms with van der Waals surface area (Å²) in [4.78, 5) is 12.4. The second-order valence-electron chi connectivity index (χ2n) is 5.64. The maximum Gasteiger partial charge on any atom is 0.266 e. The molecule has 0 aliphatic heterocycles. The average molecular weight is 363 g/mol. The first-order valence-electron chi connectivity index (χ1n) is 7.86. The molecule has 0 saturated heterocycles. The van der Waals surface area contributed by atoms with Crippen LogP contribution in [-0.4, -0.2) is 15.7 Å². The quantitative estimate of drug-likeness (QED) is 0.553. The summed E-state index contributed by atoms with van der Waals surface area (Å²) in [6.07, 6.45) is 4.86. The third-order valence-corrected chi connectivity index (χ3v) is 3.98. The van der Waals surface area contributed by atoms with Crippen LogP contribution in [0.3, 0.4) is 0 Å². The van der Waals surface area contributed by atoms with Crippen molar-refractivity contribution in [1.29, 1.82) is 5.26 Å². The number of carbonyl (C=O) groups is 1. The summed E-state index contributed by atoms with van der Waals surface area (Å²) in [6, 6.07) is 16.7. The Labute approximate surface area is 156 Å². The Morgan fingerprint density at radius 3 is 2.77 bits per heavy atom. The number of benzene rings is 2. The summed E-state index contributed by atoms with van der Waals surface area (Å²) in [5.74, 6) is -0.495. The van der Waals surface area contributed by atoms with Gasteiger partial charge >= 0.3 is 0 Å². The lowest BCUT2D eigenvalue weighted by molar-refractivity contribution is -0.112. The summed E-state index contributed by atoms with van der Waals surface area (Å²) in [7, 11) is 0. The van der Waals surface area contributed by atoms with Gasteiger partial charge in [-0.1, -0.05) is 35.9 Å². The number of anilines is 1. The maximum atomic E-state index is 12.4. The minimum atomic E-state index is -0.495. The van der Waals surface area contributed by atoms with Crippen molar-refractivity contribution in [3.63, 3.8) is 0 Å². The summed E-state index contributed by atoms with van der Waals surface area (Å²) < 4.78 is 1.68. The Balaban J connectivity index is 1.82. The monoisotopic (exact) mass is 362 g/mol. The second-order valence-corrected chi connectivity index (χ2v) is 6.07. The first-order valence-corrected chi connectivity index (χ1v) is 8.24. The molecule has 0 atom stereocenters. The number of hydrogen-bond donors (Lipinski definition) is 1. The Morgan fingerprint density at radius 1 is 1.27 bits per heavy atom. The van der Waals surface area contributed by atoms with E-state index in [4.69, 9.17) is 11.6 Å². The van der Waals surface area contributed by atoms with Crippen molar-refractivity contribution in [3.8, 4) is 11.8 Å². The number of aryl methyl sites for hydroxylation is 1. The van der Waals surface area contributed by atoms with Crippen LogP contribution in [0.4, 0.5) is 5.69 Å². The van der Waals surface area contributed by atoms with E-state index in [1.165, 1.54) is 6.08 Å². The summed E-state index contributed by atoms with van der Waals surface area (Å²) >= 11 is 5.96. The molecule has 0 aliphatic carbocycles.